The first-order valence-electron chi connectivity index (χ1n) is 7.47. The number of carbonyl (C=O) groups excluding carboxylic acids is 3. The monoisotopic (exact) mass is 380 g/mol. The third kappa shape index (κ3) is 4.54. The molecule has 1 aliphatic rings. The summed E-state index contributed by atoms with van der Waals surface area (Å²) in [5.74, 6) is -2.21. The maximum atomic E-state index is 12.3. The summed E-state index contributed by atoms with van der Waals surface area (Å²) in [6.07, 6.45) is 1.38. The van der Waals surface area contributed by atoms with Crippen LogP contribution in [0, 0.1) is 0 Å². The van der Waals surface area contributed by atoms with Gasteiger partial charge in [0, 0.05) is 5.56 Å². The molecule has 1 aromatic rings. The molecule has 2 rings (SSSR count). The Morgan fingerprint density at radius 2 is 2.04 bits per heavy atom. The minimum absolute atomic E-state index is 0.0603. The van der Waals surface area contributed by atoms with Crippen molar-refractivity contribution < 1.29 is 33.8 Å². The van der Waals surface area contributed by atoms with Gasteiger partial charge >= 0.3 is 5.97 Å². The lowest BCUT2D eigenvalue weighted by Gasteiger charge is -2.13. The minimum atomic E-state index is -1.18. The van der Waals surface area contributed by atoms with Crippen LogP contribution < -0.4 is 15.2 Å². The zero-order chi connectivity index (χ0) is 19.3. The number of nitrogens with zero attached hydrogens (tertiary/aromatic N) is 1. The summed E-state index contributed by atoms with van der Waals surface area (Å²) in [6.45, 7) is 0.961. The van der Waals surface area contributed by atoms with E-state index in [1.807, 2.05) is 0 Å². The van der Waals surface area contributed by atoms with E-state index in [9.17, 15) is 19.2 Å². The van der Waals surface area contributed by atoms with Crippen LogP contribution >= 0.6 is 11.8 Å². The number of rotatable bonds is 8. The van der Waals surface area contributed by atoms with Gasteiger partial charge in [0.2, 0.25) is 5.91 Å². The number of aliphatic carboxylic acids is 1. The largest absolute Gasteiger partial charge is 0.490 e. The van der Waals surface area contributed by atoms with Crippen LogP contribution in [0.25, 0.3) is 6.08 Å². The van der Waals surface area contributed by atoms with E-state index in [0.29, 0.717) is 29.7 Å². The average Bonchev–Trinajstić information content (AvgIpc) is 2.81. The molecule has 138 valence electrons. The van der Waals surface area contributed by atoms with Gasteiger partial charge in [0.15, 0.2) is 18.1 Å². The number of carboxylic acids is 1. The molecular weight excluding hydrogens is 364 g/mol. The molecular formula is C16H16N2O7S. The molecule has 1 fully saturated rings. The van der Waals surface area contributed by atoms with Gasteiger partial charge in [-0.2, -0.15) is 0 Å². The number of imide groups is 1. The fourth-order valence-corrected chi connectivity index (χ4v) is 2.97. The SMILES string of the molecule is CCOc1cccc(/C=C2\SC(=O)N(CC(N)=O)C2=O)c1OCC(=O)O. The summed E-state index contributed by atoms with van der Waals surface area (Å²) in [5.41, 5.74) is 5.40. The molecule has 3 amide bonds. The number of thioether (sulfide) groups is 1. The number of carboxylic acid groups (broad SMARTS) is 1. The lowest BCUT2D eigenvalue weighted by atomic mass is 10.1. The van der Waals surface area contributed by atoms with Crippen molar-refractivity contribution >= 4 is 40.9 Å². The molecule has 0 atom stereocenters. The summed E-state index contributed by atoms with van der Waals surface area (Å²) in [7, 11) is 0. The third-order valence-electron chi connectivity index (χ3n) is 3.12. The predicted molar refractivity (Wildman–Crippen MR) is 92.6 cm³/mol. The Kier molecular flexibility index (Phi) is 6.23. The maximum absolute atomic E-state index is 12.3. The van der Waals surface area contributed by atoms with Crippen LogP contribution in [0.4, 0.5) is 4.79 Å². The molecule has 1 saturated heterocycles. The van der Waals surface area contributed by atoms with E-state index in [0.717, 1.165) is 4.90 Å². The highest BCUT2D eigenvalue weighted by Gasteiger charge is 2.36. The molecule has 1 aromatic carbocycles. The van der Waals surface area contributed by atoms with Crippen molar-refractivity contribution in [1.29, 1.82) is 0 Å². The lowest BCUT2D eigenvalue weighted by molar-refractivity contribution is -0.139. The molecule has 26 heavy (non-hydrogen) atoms. The van der Waals surface area contributed by atoms with Crippen LogP contribution in [0.15, 0.2) is 23.1 Å². The first kappa shape index (κ1) is 19.3. The number of para-hydroxylation sites is 1. The summed E-state index contributed by atoms with van der Waals surface area (Å²) < 4.78 is 10.7. The maximum Gasteiger partial charge on any atom is 0.341 e. The van der Waals surface area contributed by atoms with Crippen molar-refractivity contribution in [1.82, 2.24) is 4.90 Å². The van der Waals surface area contributed by atoms with Gasteiger partial charge in [0.05, 0.1) is 11.5 Å². The van der Waals surface area contributed by atoms with Gasteiger partial charge in [-0.25, -0.2) is 4.79 Å². The number of carbonyl (C=O) groups is 4. The molecule has 0 aromatic heterocycles. The summed E-state index contributed by atoms with van der Waals surface area (Å²) in [6, 6.07) is 4.82. The van der Waals surface area contributed by atoms with Gasteiger partial charge in [-0.3, -0.25) is 19.3 Å². The number of nitrogens with two attached hydrogens (primary N) is 1. The van der Waals surface area contributed by atoms with Crippen LogP contribution in [0.2, 0.25) is 0 Å². The first-order valence-corrected chi connectivity index (χ1v) is 8.29. The quantitative estimate of drug-likeness (QED) is 0.639. The molecule has 1 heterocycles. The second-order valence-corrected chi connectivity index (χ2v) is 6.02. The Hall–Kier alpha value is -3.01. The lowest BCUT2D eigenvalue weighted by Crippen LogP contribution is -2.36. The fourth-order valence-electron chi connectivity index (χ4n) is 2.14. The molecule has 0 radical (unpaired) electrons. The van der Waals surface area contributed by atoms with Crippen molar-refractivity contribution in [3.63, 3.8) is 0 Å². The first-order chi connectivity index (χ1) is 12.3. The Balaban J connectivity index is 2.38. The Bertz CT molecular complexity index is 791. The van der Waals surface area contributed by atoms with Gasteiger partial charge in [-0.05, 0) is 30.8 Å². The van der Waals surface area contributed by atoms with E-state index >= 15 is 0 Å². The molecule has 10 heteroatoms. The average molecular weight is 380 g/mol. The molecule has 0 aliphatic carbocycles. The molecule has 0 unspecified atom stereocenters. The minimum Gasteiger partial charge on any atom is -0.490 e. The van der Waals surface area contributed by atoms with Crippen LogP contribution in [0.3, 0.4) is 0 Å². The van der Waals surface area contributed by atoms with Crippen molar-refractivity contribution in [2.45, 2.75) is 6.92 Å². The van der Waals surface area contributed by atoms with Crippen molar-refractivity contribution in [3.8, 4) is 11.5 Å². The highest BCUT2D eigenvalue weighted by atomic mass is 32.2. The number of primary amides is 1. The second kappa shape index (κ2) is 8.39. The summed E-state index contributed by atoms with van der Waals surface area (Å²) in [4.78, 5) is 46.8. The van der Waals surface area contributed by atoms with E-state index in [2.05, 4.69) is 0 Å². The highest BCUT2D eigenvalue weighted by molar-refractivity contribution is 8.18. The Morgan fingerprint density at radius 3 is 2.65 bits per heavy atom. The van der Waals surface area contributed by atoms with E-state index in [1.165, 1.54) is 6.08 Å². The van der Waals surface area contributed by atoms with Crippen LogP contribution in [-0.4, -0.2) is 52.8 Å². The number of hydrogen-bond donors (Lipinski definition) is 2. The normalized spacial score (nSPS) is 15.4. The number of amides is 3. The third-order valence-corrected chi connectivity index (χ3v) is 4.03. The topological polar surface area (TPSA) is 136 Å². The van der Waals surface area contributed by atoms with Crippen molar-refractivity contribution in [3.05, 3.63) is 28.7 Å². The fraction of sp³-hybridized carbons (Fsp3) is 0.250. The number of ether oxygens (including phenoxy) is 2. The molecule has 3 N–H and O–H groups in total. The van der Waals surface area contributed by atoms with Crippen molar-refractivity contribution in [2.24, 2.45) is 5.73 Å². The summed E-state index contributed by atoms with van der Waals surface area (Å²) in [5, 5.41) is 8.21. The van der Waals surface area contributed by atoms with Crippen LogP contribution in [0.1, 0.15) is 12.5 Å². The molecule has 1 aliphatic heterocycles. The molecule has 0 saturated carbocycles. The highest BCUT2D eigenvalue weighted by Crippen LogP contribution is 2.37. The van der Waals surface area contributed by atoms with Gasteiger partial charge in [0.1, 0.15) is 6.54 Å². The van der Waals surface area contributed by atoms with E-state index in [4.69, 9.17) is 20.3 Å². The smallest absolute Gasteiger partial charge is 0.341 e. The summed E-state index contributed by atoms with van der Waals surface area (Å²) >= 11 is 0.649. The van der Waals surface area contributed by atoms with Crippen molar-refractivity contribution in [2.75, 3.05) is 19.8 Å². The van der Waals surface area contributed by atoms with E-state index < -0.39 is 36.2 Å². The van der Waals surface area contributed by atoms with Gasteiger partial charge < -0.3 is 20.3 Å². The van der Waals surface area contributed by atoms with Crippen LogP contribution in [0.5, 0.6) is 11.5 Å². The number of benzene rings is 1. The van der Waals surface area contributed by atoms with E-state index in [1.54, 1.807) is 25.1 Å². The Morgan fingerprint density at radius 1 is 1.31 bits per heavy atom. The van der Waals surface area contributed by atoms with Gasteiger partial charge in [0.25, 0.3) is 11.1 Å². The molecule has 0 bridgehead atoms. The molecule has 0 spiro atoms. The zero-order valence-electron chi connectivity index (χ0n) is 13.8. The van der Waals surface area contributed by atoms with E-state index in [-0.39, 0.29) is 10.7 Å². The Labute approximate surface area is 152 Å². The van der Waals surface area contributed by atoms with Gasteiger partial charge in [-0.15, -0.1) is 0 Å². The second-order valence-electron chi connectivity index (χ2n) is 5.02. The van der Waals surface area contributed by atoms with Crippen LogP contribution in [-0.2, 0) is 14.4 Å². The zero-order valence-corrected chi connectivity index (χ0v) is 14.6. The standard InChI is InChI=1S/C16H16N2O7S/c1-2-24-10-5-3-4-9(14(10)25-8-13(20)21)6-11-15(22)18(7-12(17)19)16(23)26-11/h3-6H,2,7-8H2,1H3,(H2,17,19)(H,20,21)/b11-6-. The number of hydrogen-bond acceptors (Lipinski definition) is 7. The molecule has 9 nitrogen and oxygen atoms in total. The van der Waals surface area contributed by atoms with Gasteiger partial charge in [-0.1, -0.05) is 12.1 Å². The predicted octanol–water partition coefficient (Wildman–Crippen LogP) is 1.07.